The van der Waals surface area contributed by atoms with Crippen LogP contribution in [0.25, 0.3) is 0 Å². The Kier molecular flexibility index (Phi) is 7.82. The van der Waals surface area contributed by atoms with Crippen molar-refractivity contribution in [2.24, 2.45) is 0 Å². The van der Waals surface area contributed by atoms with Gasteiger partial charge in [-0.3, -0.25) is 9.59 Å². The Morgan fingerprint density at radius 2 is 1.69 bits per heavy atom. The van der Waals surface area contributed by atoms with Crippen molar-refractivity contribution in [1.82, 2.24) is 10.2 Å². The molecule has 0 saturated carbocycles. The normalized spacial score (nSPS) is 11.7. The largest absolute Gasteiger partial charge is 0.483 e. The van der Waals surface area contributed by atoms with E-state index in [2.05, 4.69) is 11.4 Å². The number of benzene rings is 2. The zero-order valence-electron chi connectivity index (χ0n) is 18.3. The second kappa shape index (κ2) is 10.1. The van der Waals surface area contributed by atoms with Gasteiger partial charge in [0.15, 0.2) is 6.61 Å². The Morgan fingerprint density at radius 1 is 1.03 bits per heavy atom. The first kappa shape index (κ1) is 22.5. The number of hydrogen-bond donors (Lipinski definition) is 1. The maximum absolute atomic E-state index is 13.1. The molecule has 0 bridgehead atoms. The molecule has 1 atom stereocenters. The Bertz CT molecular complexity index is 859. The van der Waals surface area contributed by atoms with E-state index >= 15 is 0 Å². The summed E-state index contributed by atoms with van der Waals surface area (Å²) in [5, 5.41) is 2.67. The van der Waals surface area contributed by atoms with Crippen molar-refractivity contribution in [3.05, 3.63) is 64.2 Å². The molecule has 0 aromatic heterocycles. The van der Waals surface area contributed by atoms with Gasteiger partial charge >= 0.3 is 0 Å². The third kappa shape index (κ3) is 5.83. The lowest BCUT2D eigenvalue weighted by molar-refractivity contribution is -0.142. The monoisotopic (exact) mass is 396 g/mol. The number of aryl methyl sites for hydroxylation is 3. The second-order valence-electron chi connectivity index (χ2n) is 7.54. The van der Waals surface area contributed by atoms with Crippen LogP contribution in [0.4, 0.5) is 0 Å². The number of amides is 2. The smallest absolute Gasteiger partial charge is 0.261 e. The predicted octanol–water partition coefficient (Wildman–Crippen LogP) is 3.85. The maximum atomic E-state index is 13.1. The van der Waals surface area contributed by atoms with Crippen molar-refractivity contribution in [1.29, 1.82) is 0 Å². The van der Waals surface area contributed by atoms with Crippen LogP contribution in [0.15, 0.2) is 36.4 Å². The molecule has 2 rings (SSSR count). The molecule has 2 aromatic rings. The van der Waals surface area contributed by atoms with Crippen molar-refractivity contribution in [3.63, 3.8) is 0 Å². The van der Waals surface area contributed by atoms with Gasteiger partial charge in [0.2, 0.25) is 5.91 Å². The summed E-state index contributed by atoms with van der Waals surface area (Å²) in [6.45, 7) is 10.2. The van der Waals surface area contributed by atoms with Gasteiger partial charge in [-0.15, -0.1) is 0 Å². The van der Waals surface area contributed by atoms with E-state index in [1.54, 1.807) is 11.9 Å². The number of hydrogen-bond acceptors (Lipinski definition) is 3. The minimum absolute atomic E-state index is 0.108. The third-order valence-electron chi connectivity index (χ3n) is 5.22. The summed E-state index contributed by atoms with van der Waals surface area (Å²) < 4.78 is 5.88. The summed E-state index contributed by atoms with van der Waals surface area (Å²) in [6, 6.07) is 11.5. The molecule has 1 unspecified atom stereocenters. The highest BCUT2D eigenvalue weighted by Crippen LogP contribution is 2.23. The molecule has 0 aliphatic carbocycles. The van der Waals surface area contributed by atoms with Crippen LogP contribution >= 0.6 is 0 Å². The molecule has 0 fully saturated rings. The number of carbonyl (C=O) groups excluding carboxylic acids is 2. The van der Waals surface area contributed by atoms with Gasteiger partial charge in [-0.25, -0.2) is 0 Å². The molecule has 0 saturated heterocycles. The molecule has 0 heterocycles. The van der Waals surface area contributed by atoms with E-state index in [-0.39, 0.29) is 18.4 Å². The highest BCUT2D eigenvalue weighted by molar-refractivity contribution is 5.88. The minimum Gasteiger partial charge on any atom is -0.483 e. The summed E-state index contributed by atoms with van der Waals surface area (Å²) in [5.74, 6) is 0.328. The lowest BCUT2D eigenvalue weighted by Crippen LogP contribution is -2.49. The fraction of sp³-hybridized carbons (Fsp3) is 0.417. The van der Waals surface area contributed by atoms with Crippen LogP contribution in [0.5, 0.6) is 5.75 Å². The van der Waals surface area contributed by atoms with Crippen LogP contribution in [0, 0.1) is 27.7 Å². The van der Waals surface area contributed by atoms with Crippen molar-refractivity contribution in [2.45, 2.75) is 53.6 Å². The average molecular weight is 397 g/mol. The van der Waals surface area contributed by atoms with Crippen LogP contribution in [-0.2, 0) is 16.1 Å². The highest BCUT2D eigenvalue weighted by atomic mass is 16.5. The summed E-state index contributed by atoms with van der Waals surface area (Å²) in [5.41, 5.74) is 5.36. The SMILES string of the molecule is CCC(C(=O)NC)N(Cc1ccc(C)cc1)C(=O)COc1cc(C)cc(C)c1C. The highest BCUT2D eigenvalue weighted by Gasteiger charge is 2.28. The van der Waals surface area contributed by atoms with E-state index in [0.29, 0.717) is 18.7 Å². The molecule has 1 N–H and O–H groups in total. The minimum atomic E-state index is -0.544. The molecule has 156 valence electrons. The van der Waals surface area contributed by atoms with Crippen LogP contribution in [-0.4, -0.2) is 36.4 Å². The number of nitrogens with one attached hydrogen (secondary N) is 1. The summed E-state index contributed by atoms with van der Waals surface area (Å²) >= 11 is 0. The lowest BCUT2D eigenvalue weighted by atomic mass is 10.1. The number of ether oxygens (including phenoxy) is 1. The van der Waals surface area contributed by atoms with Crippen molar-refractivity contribution in [3.8, 4) is 5.75 Å². The van der Waals surface area contributed by atoms with Gasteiger partial charge in [0.25, 0.3) is 5.91 Å². The number of likely N-dealkylation sites (N-methyl/N-ethyl adjacent to an activating group) is 1. The maximum Gasteiger partial charge on any atom is 0.261 e. The van der Waals surface area contributed by atoms with Gasteiger partial charge in [-0.2, -0.15) is 0 Å². The number of carbonyl (C=O) groups is 2. The molecular weight excluding hydrogens is 364 g/mol. The van der Waals surface area contributed by atoms with Crippen LogP contribution in [0.2, 0.25) is 0 Å². The molecular formula is C24H32N2O3. The summed E-state index contributed by atoms with van der Waals surface area (Å²) in [6.07, 6.45) is 0.528. The van der Waals surface area contributed by atoms with Gasteiger partial charge < -0.3 is 15.0 Å². The summed E-state index contributed by atoms with van der Waals surface area (Å²) in [7, 11) is 1.59. The van der Waals surface area contributed by atoms with E-state index in [4.69, 9.17) is 4.74 Å². The first-order chi connectivity index (χ1) is 13.8. The topological polar surface area (TPSA) is 58.6 Å². The van der Waals surface area contributed by atoms with Crippen molar-refractivity contribution in [2.75, 3.05) is 13.7 Å². The molecule has 2 aromatic carbocycles. The van der Waals surface area contributed by atoms with E-state index in [0.717, 1.165) is 27.8 Å². The van der Waals surface area contributed by atoms with E-state index in [1.807, 2.05) is 65.0 Å². The fourth-order valence-electron chi connectivity index (χ4n) is 3.35. The standard InChI is InChI=1S/C24H32N2O3/c1-7-21(24(28)25-6)26(14-20-10-8-16(2)9-11-20)23(27)15-29-22-13-17(3)12-18(4)19(22)5/h8-13,21H,7,14-15H2,1-6H3,(H,25,28). The van der Waals surface area contributed by atoms with Gasteiger partial charge in [0.1, 0.15) is 11.8 Å². The Morgan fingerprint density at radius 3 is 2.28 bits per heavy atom. The molecule has 0 aliphatic rings. The predicted molar refractivity (Wildman–Crippen MR) is 116 cm³/mol. The number of rotatable bonds is 8. The Hall–Kier alpha value is -2.82. The average Bonchev–Trinajstić information content (AvgIpc) is 2.70. The van der Waals surface area contributed by atoms with Gasteiger partial charge in [0.05, 0.1) is 0 Å². The zero-order valence-corrected chi connectivity index (χ0v) is 18.3. The van der Waals surface area contributed by atoms with Crippen LogP contribution in [0.1, 0.15) is 41.2 Å². The van der Waals surface area contributed by atoms with Gasteiger partial charge in [0, 0.05) is 13.6 Å². The first-order valence-electron chi connectivity index (χ1n) is 10.0. The molecule has 29 heavy (non-hydrogen) atoms. The van der Waals surface area contributed by atoms with E-state index in [1.165, 1.54) is 0 Å². The third-order valence-corrected chi connectivity index (χ3v) is 5.22. The molecule has 0 spiro atoms. The fourth-order valence-corrected chi connectivity index (χ4v) is 3.35. The van der Waals surface area contributed by atoms with E-state index in [9.17, 15) is 9.59 Å². The van der Waals surface area contributed by atoms with Gasteiger partial charge in [-0.1, -0.05) is 42.8 Å². The first-order valence-corrected chi connectivity index (χ1v) is 10.0. The van der Waals surface area contributed by atoms with Crippen LogP contribution in [0.3, 0.4) is 0 Å². The second-order valence-corrected chi connectivity index (χ2v) is 7.54. The molecule has 0 aliphatic heterocycles. The van der Waals surface area contributed by atoms with Crippen molar-refractivity contribution >= 4 is 11.8 Å². The summed E-state index contributed by atoms with van der Waals surface area (Å²) in [4.78, 5) is 27.1. The Balaban J connectivity index is 2.23. The molecule has 0 radical (unpaired) electrons. The lowest BCUT2D eigenvalue weighted by Gasteiger charge is -2.30. The Labute approximate surface area is 174 Å². The zero-order chi connectivity index (χ0) is 21.6. The van der Waals surface area contributed by atoms with Crippen molar-refractivity contribution < 1.29 is 14.3 Å². The quantitative estimate of drug-likeness (QED) is 0.737. The molecule has 2 amide bonds. The molecule has 5 nitrogen and oxygen atoms in total. The number of nitrogens with zero attached hydrogens (tertiary/aromatic N) is 1. The molecule has 5 heteroatoms. The van der Waals surface area contributed by atoms with Gasteiger partial charge in [-0.05, 0) is 62.4 Å². The van der Waals surface area contributed by atoms with Crippen LogP contribution < -0.4 is 10.1 Å². The van der Waals surface area contributed by atoms with E-state index < -0.39 is 6.04 Å².